The molecule has 0 aliphatic carbocycles. The lowest BCUT2D eigenvalue weighted by atomic mass is 10.0. The molecule has 0 saturated heterocycles. The monoisotopic (exact) mass is 542 g/mol. The summed E-state index contributed by atoms with van der Waals surface area (Å²) in [4.78, 5) is 12.6. The van der Waals surface area contributed by atoms with Gasteiger partial charge in [0.1, 0.15) is 12.4 Å². The van der Waals surface area contributed by atoms with Crippen molar-refractivity contribution in [3.8, 4) is 5.75 Å². The number of rotatable bonds is 10. The first-order valence-electron chi connectivity index (χ1n) is 11.1. The minimum Gasteiger partial charge on any atom is -0.485 e. The minimum absolute atomic E-state index is 0.0918. The lowest BCUT2D eigenvalue weighted by Gasteiger charge is -2.15. The van der Waals surface area contributed by atoms with E-state index in [2.05, 4.69) is 70.1 Å². The molecular weight excluding hydrogens is 512 g/mol. The highest BCUT2D eigenvalue weighted by Gasteiger charge is 2.16. The second-order valence-corrected chi connectivity index (χ2v) is 10.4. The minimum atomic E-state index is -0.0918. The van der Waals surface area contributed by atoms with E-state index in [9.17, 15) is 4.79 Å². The van der Waals surface area contributed by atoms with Gasteiger partial charge in [0.2, 0.25) is 5.91 Å². The number of allylic oxidation sites excluding steroid dienone is 1. The van der Waals surface area contributed by atoms with Gasteiger partial charge in [-0.2, -0.15) is 0 Å². The molecule has 1 heterocycles. The number of hydrogen-bond donors (Lipinski definition) is 1. The summed E-state index contributed by atoms with van der Waals surface area (Å²) in [5.74, 6) is 2.03. The second kappa shape index (κ2) is 11.7. The number of amides is 1. The number of carbonyl (C=O) groups excluding carboxylic acids is 1. The molecule has 8 heteroatoms. The maximum absolute atomic E-state index is 12.6. The molecule has 0 aliphatic rings. The number of benzene rings is 2. The Kier molecular flexibility index (Phi) is 8.97. The summed E-state index contributed by atoms with van der Waals surface area (Å²) in [6, 6.07) is 10.2. The quantitative estimate of drug-likeness (QED) is 0.231. The first-order valence-corrected chi connectivity index (χ1v) is 12.9. The summed E-state index contributed by atoms with van der Waals surface area (Å²) < 4.78 is 9.09. The normalized spacial score (nSPS) is 11.0. The maximum Gasteiger partial charge on any atom is 0.234 e. The number of nitrogens with zero attached hydrogens (tertiary/aromatic N) is 3. The Morgan fingerprint density at radius 2 is 1.91 bits per heavy atom. The van der Waals surface area contributed by atoms with Gasteiger partial charge >= 0.3 is 0 Å². The van der Waals surface area contributed by atoms with Crippen LogP contribution in [0.25, 0.3) is 0 Å². The van der Waals surface area contributed by atoms with E-state index >= 15 is 0 Å². The number of aryl methyl sites for hydroxylation is 3. The summed E-state index contributed by atoms with van der Waals surface area (Å²) in [6.07, 6.45) is 1.79. The van der Waals surface area contributed by atoms with Crippen LogP contribution in [0.5, 0.6) is 5.75 Å². The predicted molar refractivity (Wildman–Crippen MR) is 143 cm³/mol. The lowest BCUT2D eigenvalue weighted by molar-refractivity contribution is -0.113. The summed E-state index contributed by atoms with van der Waals surface area (Å²) >= 11 is 4.84. The molecule has 0 saturated carbocycles. The SMILES string of the molecule is C=CCn1c(COc2cc(C)ccc2C(C)C)nnc1SCC(=O)Nc1c(C)cc(Br)cc1C. The molecule has 1 aromatic heterocycles. The van der Waals surface area contributed by atoms with Gasteiger partial charge in [-0.15, -0.1) is 16.8 Å². The Morgan fingerprint density at radius 1 is 1.21 bits per heavy atom. The van der Waals surface area contributed by atoms with Crippen LogP contribution in [-0.4, -0.2) is 26.4 Å². The zero-order chi connectivity index (χ0) is 24.8. The molecule has 0 atom stereocenters. The maximum atomic E-state index is 12.6. The second-order valence-electron chi connectivity index (χ2n) is 8.53. The summed E-state index contributed by atoms with van der Waals surface area (Å²) in [7, 11) is 0. The average molecular weight is 544 g/mol. The third-order valence-electron chi connectivity index (χ3n) is 5.35. The number of thioether (sulfide) groups is 1. The number of nitrogens with one attached hydrogen (secondary N) is 1. The fourth-order valence-corrected chi connectivity index (χ4v) is 5.10. The predicted octanol–water partition coefficient (Wildman–Crippen LogP) is 6.59. The molecule has 0 radical (unpaired) electrons. The van der Waals surface area contributed by atoms with Gasteiger partial charge in [0.15, 0.2) is 11.0 Å². The van der Waals surface area contributed by atoms with Gasteiger partial charge in [-0.25, -0.2) is 0 Å². The molecule has 0 unspecified atom stereocenters. The van der Waals surface area contributed by atoms with Crippen LogP contribution >= 0.6 is 27.7 Å². The van der Waals surface area contributed by atoms with Crippen molar-refractivity contribution in [2.75, 3.05) is 11.1 Å². The summed E-state index contributed by atoms with van der Waals surface area (Å²) in [6.45, 7) is 15.0. The van der Waals surface area contributed by atoms with E-state index in [-0.39, 0.29) is 18.3 Å². The van der Waals surface area contributed by atoms with Gasteiger partial charge in [0, 0.05) is 16.7 Å². The molecule has 3 rings (SSSR count). The van der Waals surface area contributed by atoms with E-state index in [0.717, 1.165) is 38.2 Å². The standard InChI is InChI=1S/C26H31BrN4O2S/c1-7-10-31-23(14-33-22-11-17(4)8-9-21(22)16(2)3)29-30-26(31)34-15-24(32)28-25-18(5)12-20(27)13-19(25)6/h7-9,11-13,16H,1,10,14-15H2,2-6H3,(H,28,32). The van der Waals surface area contributed by atoms with Crippen LogP contribution in [0.1, 0.15) is 47.8 Å². The van der Waals surface area contributed by atoms with E-state index in [0.29, 0.717) is 23.4 Å². The number of carbonyl (C=O) groups is 1. The molecule has 34 heavy (non-hydrogen) atoms. The third-order valence-corrected chi connectivity index (χ3v) is 6.77. The number of ether oxygens (including phenoxy) is 1. The van der Waals surface area contributed by atoms with Crippen molar-refractivity contribution in [3.05, 3.63) is 75.5 Å². The topological polar surface area (TPSA) is 69.0 Å². The molecule has 1 amide bonds. The number of anilines is 1. The van der Waals surface area contributed by atoms with Crippen molar-refractivity contribution in [2.45, 2.75) is 58.8 Å². The molecule has 0 bridgehead atoms. The van der Waals surface area contributed by atoms with Gasteiger partial charge < -0.3 is 10.1 Å². The molecule has 180 valence electrons. The first kappa shape index (κ1) is 26.0. The van der Waals surface area contributed by atoms with E-state index < -0.39 is 0 Å². The van der Waals surface area contributed by atoms with E-state index in [4.69, 9.17) is 4.74 Å². The van der Waals surface area contributed by atoms with Crippen molar-refractivity contribution >= 4 is 39.3 Å². The highest BCUT2D eigenvalue weighted by Crippen LogP contribution is 2.29. The zero-order valence-electron chi connectivity index (χ0n) is 20.3. The van der Waals surface area contributed by atoms with Crippen LogP contribution in [0.3, 0.4) is 0 Å². The van der Waals surface area contributed by atoms with Crippen LogP contribution in [0.2, 0.25) is 0 Å². The molecule has 0 spiro atoms. The van der Waals surface area contributed by atoms with Crippen LogP contribution < -0.4 is 10.1 Å². The molecule has 3 aromatic rings. The van der Waals surface area contributed by atoms with Crippen molar-refractivity contribution in [3.63, 3.8) is 0 Å². The highest BCUT2D eigenvalue weighted by molar-refractivity contribution is 9.10. The van der Waals surface area contributed by atoms with Gasteiger partial charge in [0.05, 0.1) is 5.75 Å². The number of hydrogen-bond acceptors (Lipinski definition) is 5. The molecule has 6 nitrogen and oxygen atoms in total. The highest BCUT2D eigenvalue weighted by atomic mass is 79.9. The molecular formula is C26H31BrN4O2S. The van der Waals surface area contributed by atoms with Gasteiger partial charge in [0.25, 0.3) is 0 Å². The Hall–Kier alpha value is -2.58. The van der Waals surface area contributed by atoms with E-state index in [1.54, 1.807) is 6.08 Å². The fraction of sp³-hybridized carbons (Fsp3) is 0.346. The van der Waals surface area contributed by atoms with Crippen LogP contribution in [0.4, 0.5) is 5.69 Å². The van der Waals surface area contributed by atoms with Crippen molar-refractivity contribution in [1.29, 1.82) is 0 Å². The van der Waals surface area contributed by atoms with Crippen molar-refractivity contribution < 1.29 is 9.53 Å². The van der Waals surface area contributed by atoms with Gasteiger partial charge in [-0.3, -0.25) is 9.36 Å². The van der Waals surface area contributed by atoms with Crippen LogP contribution in [-0.2, 0) is 17.9 Å². The van der Waals surface area contributed by atoms with Gasteiger partial charge in [-0.05, 0) is 67.1 Å². The first-order chi connectivity index (χ1) is 16.2. The fourth-order valence-electron chi connectivity index (χ4n) is 3.64. The van der Waals surface area contributed by atoms with Crippen molar-refractivity contribution in [2.24, 2.45) is 0 Å². The van der Waals surface area contributed by atoms with Gasteiger partial charge in [-0.1, -0.05) is 59.7 Å². The van der Waals surface area contributed by atoms with Crippen LogP contribution in [0.15, 0.2) is 52.6 Å². The molecule has 1 N–H and O–H groups in total. The number of halogens is 1. The number of aromatic nitrogens is 3. The Balaban J connectivity index is 1.69. The average Bonchev–Trinajstić information content (AvgIpc) is 3.15. The zero-order valence-corrected chi connectivity index (χ0v) is 22.7. The molecule has 2 aromatic carbocycles. The largest absolute Gasteiger partial charge is 0.485 e. The van der Waals surface area contributed by atoms with E-state index in [1.165, 1.54) is 11.8 Å². The lowest BCUT2D eigenvalue weighted by Crippen LogP contribution is -2.16. The Labute approximate surface area is 214 Å². The van der Waals surface area contributed by atoms with E-state index in [1.807, 2.05) is 37.5 Å². The van der Waals surface area contributed by atoms with Crippen molar-refractivity contribution in [1.82, 2.24) is 14.8 Å². The summed E-state index contributed by atoms with van der Waals surface area (Å²) in [5.41, 5.74) is 5.16. The van der Waals surface area contributed by atoms with Crippen LogP contribution in [0, 0.1) is 20.8 Å². The Bertz CT molecular complexity index is 1170. The Morgan fingerprint density at radius 3 is 2.56 bits per heavy atom. The summed E-state index contributed by atoms with van der Waals surface area (Å²) in [5, 5.41) is 12.3. The third kappa shape index (κ3) is 6.51. The molecule has 0 aliphatic heterocycles. The smallest absolute Gasteiger partial charge is 0.234 e. The molecule has 0 fully saturated rings.